The van der Waals surface area contributed by atoms with E-state index < -0.39 is 0 Å². The molecule has 0 bridgehead atoms. The van der Waals surface area contributed by atoms with Crippen molar-refractivity contribution in [2.75, 3.05) is 0 Å². The number of carbonyl (C=O) groups is 1. The summed E-state index contributed by atoms with van der Waals surface area (Å²) in [6, 6.07) is 26.3. The Morgan fingerprint density at radius 1 is 0.840 bits per heavy atom. The van der Waals surface area contributed by atoms with Gasteiger partial charge in [-0.15, -0.1) is 11.3 Å². The molecule has 4 aromatic rings. The van der Waals surface area contributed by atoms with Crippen molar-refractivity contribution in [2.45, 2.75) is 6.42 Å². The van der Waals surface area contributed by atoms with Gasteiger partial charge in [0.2, 0.25) is 0 Å². The van der Waals surface area contributed by atoms with Crippen LogP contribution in [0.25, 0.3) is 21.2 Å². The maximum absolute atomic E-state index is 12.8. The molecule has 0 aliphatic heterocycles. The van der Waals surface area contributed by atoms with Crippen LogP contribution in [-0.2, 0) is 6.42 Å². The van der Waals surface area contributed by atoms with Gasteiger partial charge in [0.05, 0.1) is 0 Å². The van der Waals surface area contributed by atoms with Gasteiger partial charge < -0.3 is 0 Å². The van der Waals surface area contributed by atoms with Gasteiger partial charge in [0.1, 0.15) is 0 Å². The van der Waals surface area contributed by atoms with Crippen molar-refractivity contribution in [2.24, 2.45) is 0 Å². The molecule has 1 heterocycles. The van der Waals surface area contributed by atoms with Crippen molar-refractivity contribution in [3.8, 4) is 11.1 Å². The Morgan fingerprint density at radius 2 is 1.52 bits per heavy atom. The second kappa shape index (κ2) is 6.95. The standard InChI is InChI=1S/C22H15BrOS/c23-17-12-10-15(11-13-17)19(24)14-21-22(16-6-2-1-3-7-16)18-8-4-5-9-20(18)25-21/h1-13H,14H2. The van der Waals surface area contributed by atoms with E-state index in [0.29, 0.717) is 6.42 Å². The molecule has 0 spiro atoms. The maximum atomic E-state index is 12.8. The summed E-state index contributed by atoms with van der Waals surface area (Å²) in [6.07, 6.45) is 0.422. The minimum atomic E-state index is 0.149. The molecular weight excluding hydrogens is 392 g/mol. The molecule has 0 atom stereocenters. The molecule has 1 nitrogen and oxygen atoms in total. The van der Waals surface area contributed by atoms with Crippen LogP contribution in [0.2, 0.25) is 0 Å². The first kappa shape index (κ1) is 16.2. The van der Waals surface area contributed by atoms with Crippen LogP contribution < -0.4 is 0 Å². The van der Waals surface area contributed by atoms with Crippen LogP contribution in [0.5, 0.6) is 0 Å². The number of rotatable bonds is 4. The number of carbonyl (C=O) groups excluding carboxylic acids is 1. The van der Waals surface area contributed by atoms with Gasteiger partial charge in [-0.2, -0.15) is 0 Å². The fraction of sp³-hybridized carbons (Fsp3) is 0.0455. The third-order valence-electron chi connectivity index (χ3n) is 4.22. The van der Waals surface area contributed by atoms with Crippen molar-refractivity contribution in [1.29, 1.82) is 0 Å². The highest BCUT2D eigenvalue weighted by atomic mass is 79.9. The van der Waals surface area contributed by atoms with Crippen LogP contribution >= 0.6 is 27.3 Å². The number of hydrogen-bond donors (Lipinski definition) is 0. The van der Waals surface area contributed by atoms with Gasteiger partial charge in [0.25, 0.3) is 0 Å². The average Bonchev–Trinajstić information content (AvgIpc) is 3.00. The molecule has 3 aromatic carbocycles. The first-order valence-corrected chi connectivity index (χ1v) is 9.68. The molecule has 0 radical (unpaired) electrons. The Bertz CT molecular complexity index is 1030. The van der Waals surface area contributed by atoms with Gasteiger partial charge in [-0.25, -0.2) is 0 Å². The molecule has 122 valence electrons. The predicted molar refractivity (Wildman–Crippen MR) is 109 cm³/mol. The largest absolute Gasteiger partial charge is 0.294 e. The highest BCUT2D eigenvalue weighted by Gasteiger charge is 2.17. The van der Waals surface area contributed by atoms with E-state index in [1.807, 2.05) is 48.5 Å². The summed E-state index contributed by atoms with van der Waals surface area (Å²) >= 11 is 5.13. The van der Waals surface area contributed by atoms with E-state index in [-0.39, 0.29) is 5.78 Å². The van der Waals surface area contributed by atoms with E-state index in [1.165, 1.54) is 21.2 Å². The zero-order valence-electron chi connectivity index (χ0n) is 13.4. The summed E-state index contributed by atoms with van der Waals surface area (Å²) < 4.78 is 2.20. The quantitative estimate of drug-likeness (QED) is 0.342. The molecule has 0 unspecified atom stereocenters. The summed E-state index contributed by atoms with van der Waals surface area (Å²) in [7, 11) is 0. The van der Waals surface area contributed by atoms with Crippen molar-refractivity contribution < 1.29 is 4.79 Å². The molecule has 4 rings (SSSR count). The van der Waals surface area contributed by atoms with Crippen molar-refractivity contribution in [1.82, 2.24) is 0 Å². The lowest BCUT2D eigenvalue weighted by molar-refractivity contribution is 0.0994. The Morgan fingerprint density at radius 3 is 2.28 bits per heavy atom. The van der Waals surface area contributed by atoms with E-state index in [1.54, 1.807) is 11.3 Å². The fourth-order valence-electron chi connectivity index (χ4n) is 3.03. The number of benzene rings is 3. The summed E-state index contributed by atoms with van der Waals surface area (Å²) in [6.45, 7) is 0. The Kier molecular flexibility index (Phi) is 4.51. The monoisotopic (exact) mass is 406 g/mol. The number of thiophene rings is 1. The molecule has 3 heteroatoms. The molecule has 0 N–H and O–H groups in total. The van der Waals surface area contributed by atoms with Crippen molar-refractivity contribution >= 4 is 43.1 Å². The molecule has 0 saturated carbocycles. The van der Waals surface area contributed by atoms with Gasteiger partial charge in [-0.3, -0.25) is 4.79 Å². The molecule has 0 fully saturated rings. The zero-order chi connectivity index (χ0) is 17.2. The second-order valence-corrected chi connectivity index (χ2v) is 7.92. The van der Waals surface area contributed by atoms with Gasteiger partial charge in [0.15, 0.2) is 5.78 Å². The van der Waals surface area contributed by atoms with E-state index in [4.69, 9.17) is 0 Å². The topological polar surface area (TPSA) is 17.1 Å². The Hall–Kier alpha value is -2.23. The van der Waals surface area contributed by atoms with Crippen LogP contribution in [0, 0.1) is 0 Å². The molecule has 0 amide bonds. The summed E-state index contributed by atoms with van der Waals surface area (Å²) in [4.78, 5) is 13.9. The van der Waals surface area contributed by atoms with Gasteiger partial charge in [-0.1, -0.05) is 76.6 Å². The van der Waals surface area contributed by atoms with Crippen molar-refractivity contribution in [3.63, 3.8) is 0 Å². The fourth-order valence-corrected chi connectivity index (χ4v) is 4.52. The van der Waals surface area contributed by atoms with E-state index in [2.05, 4.69) is 46.3 Å². The molecular formula is C22H15BrOS. The van der Waals surface area contributed by atoms with Gasteiger partial charge >= 0.3 is 0 Å². The molecule has 1 aromatic heterocycles. The van der Waals surface area contributed by atoms with Crippen LogP contribution in [0.3, 0.4) is 0 Å². The number of ketones is 1. The zero-order valence-corrected chi connectivity index (χ0v) is 15.8. The highest BCUT2D eigenvalue weighted by Crippen LogP contribution is 2.39. The minimum absolute atomic E-state index is 0.149. The maximum Gasteiger partial charge on any atom is 0.168 e. The normalized spacial score (nSPS) is 10.9. The molecule has 0 aliphatic carbocycles. The van der Waals surface area contributed by atoms with Crippen LogP contribution in [-0.4, -0.2) is 5.78 Å². The van der Waals surface area contributed by atoms with Gasteiger partial charge in [0, 0.05) is 37.0 Å². The summed E-state index contributed by atoms with van der Waals surface area (Å²) in [5, 5.41) is 1.22. The lowest BCUT2D eigenvalue weighted by Gasteiger charge is -2.05. The van der Waals surface area contributed by atoms with Crippen molar-refractivity contribution in [3.05, 3.63) is 93.8 Å². The second-order valence-electron chi connectivity index (χ2n) is 5.87. The van der Waals surface area contributed by atoms with Gasteiger partial charge in [-0.05, 0) is 23.8 Å². The third-order valence-corrected chi connectivity index (χ3v) is 5.92. The Labute approximate surface area is 159 Å². The third kappa shape index (κ3) is 3.30. The summed E-state index contributed by atoms with van der Waals surface area (Å²) in [5.41, 5.74) is 3.10. The lowest BCUT2D eigenvalue weighted by Crippen LogP contribution is -2.02. The highest BCUT2D eigenvalue weighted by molar-refractivity contribution is 9.10. The minimum Gasteiger partial charge on any atom is -0.294 e. The average molecular weight is 407 g/mol. The molecule has 0 saturated heterocycles. The molecule has 25 heavy (non-hydrogen) atoms. The SMILES string of the molecule is O=C(Cc1sc2ccccc2c1-c1ccccc1)c1ccc(Br)cc1. The Balaban J connectivity index is 1.79. The van der Waals surface area contributed by atoms with Crippen LogP contribution in [0.1, 0.15) is 15.2 Å². The van der Waals surface area contributed by atoms with Crippen LogP contribution in [0.15, 0.2) is 83.3 Å². The first-order chi connectivity index (χ1) is 12.2. The number of fused-ring (bicyclic) bond motifs is 1. The van der Waals surface area contributed by atoms with Crippen LogP contribution in [0.4, 0.5) is 0 Å². The molecule has 0 aliphatic rings. The number of Topliss-reactive ketones (excluding diaryl/α,β-unsaturated/α-hetero) is 1. The number of hydrogen-bond acceptors (Lipinski definition) is 2. The lowest BCUT2D eigenvalue weighted by atomic mass is 9.98. The van der Waals surface area contributed by atoms with E-state index in [9.17, 15) is 4.79 Å². The van der Waals surface area contributed by atoms with E-state index in [0.717, 1.165) is 14.9 Å². The first-order valence-electron chi connectivity index (χ1n) is 8.07. The summed E-state index contributed by atoms with van der Waals surface area (Å²) in [5.74, 6) is 0.149. The van der Waals surface area contributed by atoms with E-state index >= 15 is 0 Å². The number of halogens is 1. The predicted octanol–water partition coefficient (Wildman–Crippen LogP) is 6.76. The smallest absolute Gasteiger partial charge is 0.168 e.